The average molecular weight is 280 g/mol. The van der Waals surface area contributed by atoms with Crippen molar-refractivity contribution in [3.05, 3.63) is 23.8 Å². The molecule has 0 unspecified atom stereocenters. The molecule has 0 fully saturated rings. The lowest BCUT2D eigenvalue weighted by atomic mass is 10.2. The summed E-state index contributed by atoms with van der Waals surface area (Å²) in [7, 11) is 1.62. The van der Waals surface area contributed by atoms with Gasteiger partial charge in [-0.15, -0.1) is 0 Å². The molecule has 0 aromatic heterocycles. The van der Waals surface area contributed by atoms with Crippen molar-refractivity contribution in [2.45, 2.75) is 33.4 Å². The van der Waals surface area contributed by atoms with Gasteiger partial charge in [-0.3, -0.25) is 4.79 Å². The van der Waals surface area contributed by atoms with E-state index in [1.165, 1.54) is 0 Å². The van der Waals surface area contributed by atoms with Gasteiger partial charge in [-0.1, -0.05) is 6.07 Å². The SMILES string of the molecule is CCNC(=O)CNCc1ccc(OC(C)C)c(OC)c1. The molecule has 2 N–H and O–H groups in total. The fourth-order valence-electron chi connectivity index (χ4n) is 1.75. The van der Waals surface area contributed by atoms with Crippen molar-refractivity contribution in [3.8, 4) is 11.5 Å². The molecule has 1 aromatic rings. The first kappa shape index (κ1) is 16.3. The van der Waals surface area contributed by atoms with E-state index in [1.54, 1.807) is 7.11 Å². The molecule has 0 aliphatic carbocycles. The Labute approximate surface area is 120 Å². The number of ether oxygens (including phenoxy) is 2. The van der Waals surface area contributed by atoms with E-state index >= 15 is 0 Å². The van der Waals surface area contributed by atoms with Crippen LogP contribution in [0.25, 0.3) is 0 Å². The van der Waals surface area contributed by atoms with Gasteiger partial charge in [-0.05, 0) is 38.5 Å². The second-order valence-corrected chi connectivity index (χ2v) is 4.71. The Morgan fingerprint density at radius 1 is 1.30 bits per heavy atom. The monoisotopic (exact) mass is 280 g/mol. The third kappa shape index (κ3) is 5.48. The lowest BCUT2D eigenvalue weighted by Crippen LogP contribution is -2.33. The molecule has 1 aromatic carbocycles. The Hall–Kier alpha value is -1.75. The predicted molar refractivity (Wildman–Crippen MR) is 79.1 cm³/mol. The summed E-state index contributed by atoms with van der Waals surface area (Å²) in [5.41, 5.74) is 1.04. The van der Waals surface area contributed by atoms with E-state index in [9.17, 15) is 4.79 Å². The maximum absolute atomic E-state index is 11.3. The number of carbonyl (C=O) groups excluding carboxylic acids is 1. The quantitative estimate of drug-likeness (QED) is 0.761. The highest BCUT2D eigenvalue weighted by atomic mass is 16.5. The van der Waals surface area contributed by atoms with Crippen LogP contribution in [-0.2, 0) is 11.3 Å². The minimum absolute atomic E-state index is 0.000716. The zero-order chi connectivity index (χ0) is 15.0. The molecule has 5 nitrogen and oxygen atoms in total. The summed E-state index contributed by atoms with van der Waals surface area (Å²) in [5.74, 6) is 1.44. The van der Waals surface area contributed by atoms with Crippen LogP contribution in [0.3, 0.4) is 0 Å². The standard InChI is InChI=1S/C15H24N2O3/c1-5-17-15(18)10-16-9-12-6-7-13(20-11(2)3)14(8-12)19-4/h6-8,11,16H,5,9-10H2,1-4H3,(H,17,18). The molecular weight excluding hydrogens is 256 g/mol. The summed E-state index contributed by atoms with van der Waals surface area (Å²) in [6, 6.07) is 5.77. The van der Waals surface area contributed by atoms with E-state index in [0.29, 0.717) is 25.4 Å². The normalized spacial score (nSPS) is 10.4. The van der Waals surface area contributed by atoms with Crippen molar-refractivity contribution in [2.75, 3.05) is 20.2 Å². The second-order valence-electron chi connectivity index (χ2n) is 4.71. The third-order valence-electron chi connectivity index (χ3n) is 2.58. The van der Waals surface area contributed by atoms with Crippen LogP contribution in [0.15, 0.2) is 18.2 Å². The molecule has 5 heteroatoms. The van der Waals surface area contributed by atoms with Crippen molar-refractivity contribution < 1.29 is 14.3 Å². The average Bonchev–Trinajstić information content (AvgIpc) is 2.40. The topological polar surface area (TPSA) is 59.6 Å². The van der Waals surface area contributed by atoms with Crippen molar-refractivity contribution >= 4 is 5.91 Å². The van der Waals surface area contributed by atoms with Gasteiger partial charge >= 0.3 is 0 Å². The lowest BCUT2D eigenvalue weighted by molar-refractivity contribution is -0.120. The first-order valence-electron chi connectivity index (χ1n) is 6.87. The van der Waals surface area contributed by atoms with Gasteiger partial charge < -0.3 is 20.1 Å². The van der Waals surface area contributed by atoms with Crippen molar-refractivity contribution in [1.82, 2.24) is 10.6 Å². The van der Waals surface area contributed by atoms with Gasteiger partial charge in [0.2, 0.25) is 5.91 Å². The molecule has 0 heterocycles. The number of nitrogens with one attached hydrogen (secondary N) is 2. The maximum Gasteiger partial charge on any atom is 0.233 e. The van der Waals surface area contributed by atoms with Gasteiger partial charge in [-0.25, -0.2) is 0 Å². The van der Waals surface area contributed by atoms with Crippen LogP contribution in [0.5, 0.6) is 11.5 Å². The molecule has 112 valence electrons. The minimum atomic E-state index is -0.000716. The molecule has 0 aliphatic heterocycles. The third-order valence-corrected chi connectivity index (χ3v) is 2.58. The summed E-state index contributed by atoms with van der Waals surface area (Å²) in [4.78, 5) is 11.3. The molecular formula is C15H24N2O3. The fourth-order valence-corrected chi connectivity index (χ4v) is 1.75. The van der Waals surface area contributed by atoms with Crippen LogP contribution >= 0.6 is 0 Å². The fraction of sp³-hybridized carbons (Fsp3) is 0.533. The Balaban J connectivity index is 2.57. The smallest absolute Gasteiger partial charge is 0.233 e. The molecule has 0 saturated carbocycles. The molecule has 1 rings (SSSR count). The molecule has 20 heavy (non-hydrogen) atoms. The molecule has 0 radical (unpaired) electrons. The van der Waals surface area contributed by atoms with E-state index in [2.05, 4.69) is 10.6 Å². The molecule has 0 bridgehead atoms. The van der Waals surface area contributed by atoms with Crippen LogP contribution in [-0.4, -0.2) is 32.2 Å². The highest BCUT2D eigenvalue weighted by Gasteiger charge is 2.07. The Kier molecular flexibility index (Phi) is 6.87. The molecule has 0 saturated heterocycles. The molecule has 1 amide bonds. The highest BCUT2D eigenvalue weighted by molar-refractivity contribution is 5.77. The van der Waals surface area contributed by atoms with Crippen LogP contribution in [0.2, 0.25) is 0 Å². The van der Waals surface area contributed by atoms with Crippen LogP contribution in [0, 0.1) is 0 Å². The van der Waals surface area contributed by atoms with Gasteiger partial charge in [0.1, 0.15) is 0 Å². The first-order chi connectivity index (χ1) is 9.56. The predicted octanol–water partition coefficient (Wildman–Crippen LogP) is 1.71. The van der Waals surface area contributed by atoms with Gasteiger partial charge in [0, 0.05) is 13.1 Å². The van der Waals surface area contributed by atoms with E-state index in [4.69, 9.17) is 9.47 Å². The van der Waals surface area contributed by atoms with Crippen LogP contribution in [0.1, 0.15) is 26.3 Å². The van der Waals surface area contributed by atoms with Crippen LogP contribution in [0.4, 0.5) is 0 Å². The summed E-state index contributed by atoms with van der Waals surface area (Å²) in [6.45, 7) is 7.41. The summed E-state index contributed by atoms with van der Waals surface area (Å²) < 4.78 is 11.0. The summed E-state index contributed by atoms with van der Waals surface area (Å²) in [5, 5.41) is 5.83. The van der Waals surface area contributed by atoms with Crippen molar-refractivity contribution in [1.29, 1.82) is 0 Å². The molecule has 0 aliphatic rings. The second kappa shape index (κ2) is 8.43. The first-order valence-corrected chi connectivity index (χ1v) is 6.87. The van der Waals surface area contributed by atoms with E-state index in [0.717, 1.165) is 11.3 Å². The zero-order valence-electron chi connectivity index (χ0n) is 12.7. The number of methoxy groups -OCH3 is 1. The lowest BCUT2D eigenvalue weighted by Gasteiger charge is -2.14. The molecule has 0 atom stereocenters. The Bertz CT molecular complexity index is 433. The number of hydrogen-bond donors (Lipinski definition) is 2. The zero-order valence-corrected chi connectivity index (χ0v) is 12.7. The largest absolute Gasteiger partial charge is 0.493 e. The molecule has 0 spiro atoms. The van der Waals surface area contributed by atoms with E-state index in [1.807, 2.05) is 39.0 Å². The number of likely N-dealkylation sites (N-methyl/N-ethyl adjacent to an activating group) is 1. The van der Waals surface area contributed by atoms with Crippen molar-refractivity contribution in [2.24, 2.45) is 0 Å². The van der Waals surface area contributed by atoms with Crippen molar-refractivity contribution in [3.63, 3.8) is 0 Å². The number of carbonyl (C=O) groups is 1. The number of amides is 1. The van der Waals surface area contributed by atoms with Gasteiger partial charge in [-0.2, -0.15) is 0 Å². The van der Waals surface area contributed by atoms with Gasteiger partial charge in [0.05, 0.1) is 19.8 Å². The van der Waals surface area contributed by atoms with E-state index < -0.39 is 0 Å². The Morgan fingerprint density at radius 3 is 2.65 bits per heavy atom. The number of benzene rings is 1. The van der Waals surface area contributed by atoms with E-state index in [-0.39, 0.29) is 12.0 Å². The summed E-state index contributed by atoms with van der Waals surface area (Å²) in [6.07, 6.45) is 0.102. The number of rotatable bonds is 8. The minimum Gasteiger partial charge on any atom is -0.493 e. The van der Waals surface area contributed by atoms with Gasteiger partial charge in [0.15, 0.2) is 11.5 Å². The number of hydrogen-bond acceptors (Lipinski definition) is 4. The van der Waals surface area contributed by atoms with Gasteiger partial charge in [0.25, 0.3) is 0 Å². The maximum atomic E-state index is 11.3. The van der Waals surface area contributed by atoms with Crippen LogP contribution < -0.4 is 20.1 Å². The summed E-state index contributed by atoms with van der Waals surface area (Å²) >= 11 is 0. The highest BCUT2D eigenvalue weighted by Crippen LogP contribution is 2.28. The Morgan fingerprint density at radius 2 is 2.05 bits per heavy atom.